The molecule has 6 heteroatoms. The molecule has 26 heavy (non-hydrogen) atoms. The van der Waals surface area contributed by atoms with Crippen LogP contribution in [0, 0.1) is 5.41 Å². The van der Waals surface area contributed by atoms with Crippen LogP contribution in [0.15, 0.2) is 24.8 Å². The fourth-order valence-corrected chi connectivity index (χ4v) is 5.85. The van der Waals surface area contributed by atoms with Gasteiger partial charge in [0.1, 0.15) is 11.2 Å². The van der Waals surface area contributed by atoms with E-state index in [0.29, 0.717) is 11.3 Å². The minimum absolute atomic E-state index is 0.508. The van der Waals surface area contributed by atoms with E-state index in [1.807, 2.05) is 29.3 Å². The first-order valence-corrected chi connectivity index (χ1v) is 10.4. The van der Waals surface area contributed by atoms with Crippen LogP contribution in [-0.2, 0) is 20.0 Å². The molecule has 3 aromatic heterocycles. The van der Waals surface area contributed by atoms with E-state index in [-0.39, 0.29) is 0 Å². The number of fused-ring (bicyclic) bond motifs is 1. The van der Waals surface area contributed by atoms with Crippen molar-refractivity contribution in [2.75, 3.05) is 13.1 Å². The van der Waals surface area contributed by atoms with Crippen LogP contribution in [0.3, 0.4) is 0 Å². The van der Waals surface area contributed by atoms with Gasteiger partial charge in [-0.2, -0.15) is 5.10 Å². The van der Waals surface area contributed by atoms with Gasteiger partial charge in [-0.25, -0.2) is 9.97 Å². The number of nitrogens with zero attached hydrogens (tertiary/aromatic N) is 5. The Labute approximate surface area is 158 Å². The summed E-state index contributed by atoms with van der Waals surface area (Å²) < 4.78 is 1.90. The Bertz CT molecular complexity index is 937. The van der Waals surface area contributed by atoms with Crippen molar-refractivity contribution in [3.8, 4) is 0 Å². The van der Waals surface area contributed by atoms with Gasteiger partial charge < -0.3 is 0 Å². The van der Waals surface area contributed by atoms with Crippen LogP contribution in [0.5, 0.6) is 0 Å². The third-order valence-electron chi connectivity index (χ3n) is 6.19. The van der Waals surface area contributed by atoms with Crippen molar-refractivity contribution >= 4 is 21.6 Å². The van der Waals surface area contributed by atoms with Gasteiger partial charge in [0, 0.05) is 48.1 Å². The second-order valence-electron chi connectivity index (χ2n) is 8.13. The number of aryl methyl sites for hydroxylation is 2. The number of thiophene rings is 1. The van der Waals surface area contributed by atoms with Crippen LogP contribution in [0.25, 0.3) is 10.2 Å². The fourth-order valence-electron chi connectivity index (χ4n) is 4.91. The highest BCUT2D eigenvalue weighted by Gasteiger charge is 2.49. The highest BCUT2D eigenvalue weighted by atomic mass is 32.1. The zero-order chi connectivity index (χ0) is 17.7. The lowest BCUT2D eigenvalue weighted by Crippen LogP contribution is -2.38. The lowest BCUT2D eigenvalue weighted by atomic mass is 9.60. The largest absolute Gasteiger partial charge is 0.298 e. The van der Waals surface area contributed by atoms with Crippen molar-refractivity contribution in [2.24, 2.45) is 12.5 Å². The summed E-state index contributed by atoms with van der Waals surface area (Å²) in [5.74, 6) is 0.609. The summed E-state index contributed by atoms with van der Waals surface area (Å²) in [7, 11) is 1.99. The molecule has 0 bridgehead atoms. The van der Waals surface area contributed by atoms with Crippen molar-refractivity contribution in [3.05, 3.63) is 40.9 Å². The highest BCUT2D eigenvalue weighted by Crippen LogP contribution is 2.56. The van der Waals surface area contributed by atoms with E-state index in [2.05, 4.69) is 34.2 Å². The van der Waals surface area contributed by atoms with Gasteiger partial charge in [0.15, 0.2) is 0 Å². The Kier molecular flexibility index (Phi) is 3.87. The van der Waals surface area contributed by atoms with E-state index < -0.39 is 0 Å². The highest BCUT2D eigenvalue weighted by molar-refractivity contribution is 7.18. The van der Waals surface area contributed by atoms with Crippen LogP contribution < -0.4 is 0 Å². The van der Waals surface area contributed by atoms with Crippen LogP contribution in [0.4, 0.5) is 0 Å². The van der Waals surface area contributed by atoms with Crippen LogP contribution in [0.1, 0.15) is 48.2 Å². The zero-order valence-corrected chi connectivity index (χ0v) is 16.3. The molecular weight excluding hydrogens is 342 g/mol. The standard InChI is InChI=1S/C20H25N5S/c1-3-16-6-17-18(21-13-22-19(17)26-16)15-7-20(8-15)4-5-25(12-20)11-14-9-23-24(2)10-14/h6,9-10,13,15H,3-5,7-8,11-12H2,1-2H3. The van der Waals surface area contributed by atoms with E-state index >= 15 is 0 Å². The molecule has 0 atom stereocenters. The van der Waals surface area contributed by atoms with E-state index in [0.717, 1.165) is 17.8 Å². The topological polar surface area (TPSA) is 46.8 Å². The molecule has 4 heterocycles. The zero-order valence-electron chi connectivity index (χ0n) is 15.5. The Morgan fingerprint density at radius 3 is 2.96 bits per heavy atom. The van der Waals surface area contributed by atoms with Gasteiger partial charge in [-0.1, -0.05) is 6.92 Å². The maximum Gasteiger partial charge on any atom is 0.127 e. The molecule has 0 N–H and O–H groups in total. The molecule has 1 spiro atoms. The van der Waals surface area contributed by atoms with Gasteiger partial charge in [-0.3, -0.25) is 9.58 Å². The summed E-state index contributed by atoms with van der Waals surface area (Å²) in [6.45, 7) is 5.67. The summed E-state index contributed by atoms with van der Waals surface area (Å²) in [5, 5.41) is 5.60. The van der Waals surface area contributed by atoms with Crippen LogP contribution in [-0.4, -0.2) is 37.7 Å². The summed E-state index contributed by atoms with van der Waals surface area (Å²) >= 11 is 1.82. The monoisotopic (exact) mass is 367 g/mol. The van der Waals surface area contributed by atoms with Gasteiger partial charge >= 0.3 is 0 Å². The lowest BCUT2D eigenvalue weighted by molar-refractivity contribution is 0.106. The summed E-state index contributed by atoms with van der Waals surface area (Å²) in [6, 6.07) is 2.32. The molecular formula is C20H25N5S. The van der Waals surface area contributed by atoms with Gasteiger partial charge in [0.2, 0.25) is 0 Å². The van der Waals surface area contributed by atoms with Gasteiger partial charge in [0.05, 0.1) is 11.9 Å². The van der Waals surface area contributed by atoms with Crippen molar-refractivity contribution in [1.82, 2.24) is 24.6 Å². The Balaban J connectivity index is 1.28. The Morgan fingerprint density at radius 2 is 2.19 bits per heavy atom. The molecule has 0 amide bonds. The summed E-state index contributed by atoms with van der Waals surface area (Å²) in [5.41, 5.74) is 3.12. The van der Waals surface area contributed by atoms with Gasteiger partial charge in [0.25, 0.3) is 0 Å². The Morgan fingerprint density at radius 1 is 1.31 bits per heavy atom. The molecule has 2 fully saturated rings. The maximum atomic E-state index is 4.69. The molecule has 0 aromatic carbocycles. The van der Waals surface area contributed by atoms with Crippen LogP contribution in [0.2, 0.25) is 0 Å². The first kappa shape index (κ1) is 16.4. The van der Waals surface area contributed by atoms with Crippen LogP contribution >= 0.6 is 11.3 Å². The molecule has 0 unspecified atom stereocenters. The SMILES string of the molecule is CCc1cc2c(C3CC4(CCN(Cc5cnn(C)c5)C4)C3)ncnc2s1. The molecule has 1 aliphatic heterocycles. The van der Waals surface area contributed by atoms with Crippen molar-refractivity contribution in [1.29, 1.82) is 0 Å². The van der Waals surface area contributed by atoms with E-state index in [4.69, 9.17) is 4.98 Å². The molecule has 0 radical (unpaired) electrons. The van der Waals surface area contributed by atoms with Gasteiger partial charge in [-0.15, -0.1) is 11.3 Å². The first-order chi connectivity index (χ1) is 12.6. The molecule has 1 aliphatic carbocycles. The quantitative estimate of drug-likeness (QED) is 0.704. The number of hydrogen-bond donors (Lipinski definition) is 0. The molecule has 5 nitrogen and oxygen atoms in total. The fraction of sp³-hybridized carbons (Fsp3) is 0.550. The number of hydrogen-bond acceptors (Lipinski definition) is 5. The van der Waals surface area contributed by atoms with E-state index in [1.165, 1.54) is 53.9 Å². The molecule has 3 aromatic rings. The average molecular weight is 368 g/mol. The number of likely N-dealkylation sites (tertiary alicyclic amines) is 1. The molecule has 1 saturated carbocycles. The minimum atomic E-state index is 0.508. The molecule has 1 saturated heterocycles. The van der Waals surface area contributed by atoms with Crippen molar-refractivity contribution < 1.29 is 0 Å². The Hall–Kier alpha value is -1.79. The predicted molar refractivity (Wildman–Crippen MR) is 104 cm³/mol. The number of aromatic nitrogens is 4. The second kappa shape index (κ2) is 6.13. The van der Waals surface area contributed by atoms with E-state index in [1.54, 1.807) is 6.33 Å². The smallest absolute Gasteiger partial charge is 0.127 e. The maximum absolute atomic E-state index is 4.69. The summed E-state index contributed by atoms with van der Waals surface area (Å²) in [4.78, 5) is 14.4. The van der Waals surface area contributed by atoms with E-state index in [9.17, 15) is 0 Å². The molecule has 5 rings (SSSR count). The van der Waals surface area contributed by atoms with Crippen molar-refractivity contribution in [3.63, 3.8) is 0 Å². The minimum Gasteiger partial charge on any atom is -0.298 e. The normalized spacial score (nSPS) is 26.0. The lowest BCUT2D eigenvalue weighted by Gasteiger charge is -2.45. The van der Waals surface area contributed by atoms with Gasteiger partial charge in [-0.05, 0) is 43.7 Å². The van der Waals surface area contributed by atoms with Crippen molar-refractivity contribution in [2.45, 2.75) is 45.1 Å². The molecule has 136 valence electrons. The third-order valence-corrected chi connectivity index (χ3v) is 7.37. The third kappa shape index (κ3) is 2.76. The molecule has 2 aliphatic rings. The average Bonchev–Trinajstić information content (AvgIpc) is 3.31. The first-order valence-electron chi connectivity index (χ1n) is 9.57. The second-order valence-corrected chi connectivity index (χ2v) is 9.25. The number of rotatable bonds is 4. The summed E-state index contributed by atoms with van der Waals surface area (Å²) in [6.07, 6.45) is 10.9. The predicted octanol–water partition coefficient (Wildman–Crippen LogP) is 3.76.